The number of carbonyl (C=O) groups is 2. The highest BCUT2D eigenvalue weighted by atomic mass is 16.6. The Morgan fingerprint density at radius 3 is 2.40 bits per heavy atom. The van der Waals surface area contributed by atoms with Crippen LogP contribution in [0.2, 0.25) is 0 Å². The highest BCUT2D eigenvalue weighted by Gasteiger charge is 2.24. The van der Waals surface area contributed by atoms with Crippen molar-refractivity contribution in [1.29, 1.82) is 0 Å². The zero-order valence-corrected chi connectivity index (χ0v) is 12.2. The number of hydrogen-bond acceptors (Lipinski definition) is 3. The molecule has 20 heavy (non-hydrogen) atoms. The maximum atomic E-state index is 12.3. The minimum atomic E-state index is -0.662. The number of amides is 1. The molecule has 0 radical (unpaired) electrons. The second-order valence-electron chi connectivity index (χ2n) is 5.45. The molecule has 0 fully saturated rings. The quantitative estimate of drug-likeness (QED) is 0.662. The molecule has 1 amide bonds. The van der Waals surface area contributed by atoms with Crippen LogP contribution in [0.25, 0.3) is 0 Å². The predicted molar refractivity (Wildman–Crippen MR) is 78.7 cm³/mol. The number of benzene rings is 1. The summed E-state index contributed by atoms with van der Waals surface area (Å²) in [5.74, 6) is -0.156. The molecule has 1 atom stereocenters. The van der Waals surface area contributed by atoms with Gasteiger partial charge in [0.15, 0.2) is 5.78 Å². The summed E-state index contributed by atoms with van der Waals surface area (Å²) in [6, 6.07) is 8.17. The van der Waals surface area contributed by atoms with Gasteiger partial charge >= 0.3 is 6.09 Å². The third kappa shape index (κ3) is 5.26. The Hall–Kier alpha value is -2.10. The number of rotatable bonds is 5. The van der Waals surface area contributed by atoms with Gasteiger partial charge in [-0.15, -0.1) is 6.58 Å². The van der Waals surface area contributed by atoms with E-state index in [4.69, 9.17) is 4.74 Å². The normalized spacial score (nSPS) is 12.3. The van der Waals surface area contributed by atoms with Crippen molar-refractivity contribution in [2.24, 2.45) is 0 Å². The molecular formula is C16H21NO3. The number of ether oxygens (including phenoxy) is 1. The van der Waals surface area contributed by atoms with E-state index in [2.05, 4.69) is 11.9 Å². The zero-order valence-electron chi connectivity index (χ0n) is 12.2. The van der Waals surface area contributed by atoms with Crippen molar-refractivity contribution in [2.75, 3.05) is 0 Å². The van der Waals surface area contributed by atoms with Crippen LogP contribution in [-0.4, -0.2) is 23.5 Å². The SMILES string of the molecule is C=CC[C@@H](NC(=O)OC(C)(C)C)C(=O)c1ccccc1. The second kappa shape index (κ2) is 6.89. The van der Waals surface area contributed by atoms with Crippen molar-refractivity contribution in [3.05, 3.63) is 48.6 Å². The van der Waals surface area contributed by atoms with Gasteiger partial charge in [-0.2, -0.15) is 0 Å². The van der Waals surface area contributed by atoms with Crippen molar-refractivity contribution in [3.8, 4) is 0 Å². The molecule has 1 N–H and O–H groups in total. The van der Waals surface area contributed by atoms with Gasteiger partial charge in [0.25, 0.3) is 0 Å². The molecule has 0 heterocycles. The maximum absolute atomic E-state index is 12.3. The summed E-state index contributed by atoms with van der Waals surface area (Å²) in [4.78, 5) is 24.1. The molecule has 0 unspecified atom stereocenters. The first kappa shape index (κ1) is 16.0. The minimum Gasteiger partial charge on any atom is -0.444 e. The van der Waals surface area contributed by atoms with Crippen LogP contribution in [0.1, 0.15) is 37.6 Å². The first-order valence-corrected chi connectivity index (χ1v) is 6.53. The molecule has 0 saturated heterocycles. The van der Waals surface area contributed by atoms with Gasteiger partial charge in [-0.05, 0) is 27.2 Å². The Balaban J connectivity index is 2.77. The first-order valence-electron chi connectivity index (χ1n) is 6.53. The third-order valence-corrected chi connectivity index (χ3v) is 2.47. The molecular weight excluding hydrogens is 254 g/mol. The Morgan fingerprint density at radius 1 is 1.30 bits per heavy atom. The number of carbonyl (C=O) groups excluding carboxylic acids is 2. The molecule has 4 nitrogen and oxygen atoms in total. The summed E-state index contributed by atoms with van der Waals surface area (Å²) in [5.41, 5.74) is -0.0473. The van der Waals surface area contributed by atoms with E-state index in [0.29, 0.717) is 12.0 Å². The fourth-order valence-electron chi connectivity index (χ4n) is 1.65. The second-order valence-corrected chi connectivity index (χ2v) is 5.45. The van der Waals surface area contributed by atoms with Crippen LogP contribution in [0.15, 0.2) is 43.0 Å². The molecule has 0 bridgehead atoms. The van der Waals surface area contributed by atoms with Gasteiger partial charge < -0.3 is 10.1 Å². The first-order chi connectivity index (χ1) is 9.33. The van der Waals surface area contributed by atoms with Gasteiger partial charge in [0, 0.05) is 5.56 Å². The summed E-state index contributed by atoms with van der Waals surface area (Å²) in [5, 5.41) is 2.59. The van der Waals surface area contributed by atoms with E-state index >= 15 is 0 Å². The Labute approximate surface area is 119 Å². The van der Waals surface area contributed by atoms with Gasteiger partial charge in [-0.25, -0.2) is 4.79 Å². The maximum Gasteiger partial charge on any atom is 0.408 e. The number of ketones is 1. The van der Waals surface area contributed by atoms with E-state index in [1.165, 1.54) is 0 Å². The molecule has 108 valence electrons. The number of hydrogen-bond donors (Lipinski definition) is 1. The fourth-order valence-corrected chi connectivity index (χ4v) is 1.65. The number of nitrogens with one attached hydrogen (secondary N) is 1. The van der Waals surface area contributed by atoms with Crippen LogP contribution in [0.3, 0.4) is 0 Å². The lowest BCUT2D eigenvalue weighted by atomic mass is 10.0. The van der Waals surface area contributed by atoms with Gasteiger partial charge in [-0.3, -0.25) is 4.79 Å². The van der Waals surface area contributed by atoms with Gasteiger partial charge in [0.05, 0.1) is 6.04 Å². The highest BCUT2D eigenvalue weighted by Crippen LogP contribution is 2.10. The standard InChI is InChI=1S/C16H21NO3/c1-5-9-13(17-15(19)20-16(2,3)4)14(18)12-10-7-6-8-11-12/h5-8,10-11,13H,1,9H2,2-4H3,(H,17,19)/t13-/m1/s1. The smallest absolute Gasteiger partial charge is 0.408 e. The van der Waals surface area contributed by atoms with Gasteiger partial charge in [0.1, 0.15) is 5.60 Å². The monoisotopic (exact) mass is 275 g/mol. The minimum absolute atomic E-state index is 0.156. The molecule has 0 aliphatic carbocycles. The Morgan fingerprint density at radius 2 is 1.90 bits per heavy atom. The lowest BCUT2D eigenvalue weighted by molar-refractivity contribution is 0.0492. The van der Waals surface area contributed by atoms with Crippen molar-refractivity contribution in [2.45, 2.75) is 38.8 Å². The molecule has 1 aromatic carbocycles. The summed E-state index contributed by atoms with van der Waals surface area (Å²) < 4.78 is 5.16. The van der Waals surface area contributed by atoms with Crippen molar-refractivity contribution in [3.63, 3.8) is 0 Å². The van der Waals surface area contributed by atoms with Crippen LogP contribution < -0.4 is 5.32 Å². The van der Waals surface area contributed by atoms with Crippen LogP contribution in [-0.2, 0) is 4.74 Å². The zero-order chi connectivity index (χ0) is 15.2. The molecule has 1 aromatic rings. The average molecular weight is 275 g/mol. The van der Waals surface area contributed by atoms with E-state index < -0.39 is 17.7 Å². The summed E-state index contributed by atoms with van der Waals surface area (Å²) >= 11 is 0. The fraction of sp³-hybridized carbons (Fsp3) is 0.375. The summed E-state index contributed by atoms with van der Waals surface area (Å²) in [6.45, 7) is 8.93. The van der Waals surface area contributed by atoms with Crippen molar-refractivity contribution in [1.82, 2.24) is 5.32 Å². The van der Waals surface area contributed by atoms with E-state index in [9.17, 15) is 9.59 Å². The molecule has 0 saturated carbocycles. The Kier molecular flexibility index (Phi) is 5.50. The number of alkyl carbamates (subject to hydrolysis) is 1. The molecule has 0 aromatic heterocycles. The highest BCUT2D eigenvalue weighted by molar-refractivity contribution is 6.01. The summed E-state index contributed by atoms with van der Waals surface area (Å²) in [6.07, 6.45) is 1.35. The lowest BCUT2D eigenvalue weighted by Crippen LogP contribution is -2.43. The predicted octanol–water partition coefficient (Wildman–Crippen LogP) is 3.34. The lowest BCUT2D eigenvalue weighted by Gasteiger charge is -2.22. The van der Waals surface area contributed by atoms with Gasteiger partial charge in [0.2, 0.25) is 0 Å². The number of Topliss-reactive ketones (excluding diaryl/α,β-unsaturated/α-hetero) is 1. The van der Waals surface area contributed by atoms with Gasteiger partial charge in [-0.1, -0.05) is 36.4 Å². The van der Waals surface area contributed by atoms with E-state index in [0.717, 1.165) is 0 Å². The van der Waals surface area contributed by atoms with Crippen molar-refractivity contribution < 1.29 is 14.3 Å². The molecule has 1 rings (SSSR count). The molecule has 4 heteroatoms. The molecule has 0 aliphatic heterocycles. The third-order valence-electron chi connectivity index (χ3n) is 2.47. The Bertz CT molecular complexity index is 474. The van der Waals surface area contributed by atoms with Crippen LogP contribution >= 0.6 is 0 Å². The largest absolute Gasteiger partial charge is 0.444 e. The van der Waals surface area contributed by atoms with Crippen LogP contribution in [0.5, 0.6) is 0 Å². The van der Waals surface area contributed by atoms with Crippen LogP contribution in [0, 0.1) is 0 Å². The average Bonchev–Trinajstić information content (AvgIpc) is 2.36. The summed E-state index contributed by atoms with van der Waals surface area (Å²) in [7, 11) is 0. The van der Waals surface area contributed by atoms with E-state index in [1.807, 2.05) is 6.07 Å². The molecule has 0 spiro atoms. The van der Waals surface area contributed by atoms with E-state index in [-0.39, 0.29) is 5.78 Å². The topological polar surface area (TPSA) is 55.4 Å². The van der Waals surface area contributed by atoms with Crippen molar-refractivity contribution >= 4 is 11.9 Å². The molecule has 0 aliphatic rings. The van der Waals surface area contributed by atoms with Crippen LogP contribution in [0.4, 0.5) is 4.79 Å². The van der Waals surface area contributed by atoms with E-state index in [1.54, 1.807) is 51.1 Å².